The molecule has 0 saturated heterocycles. The summed E-state index contributed by atoms with van der Waals surface area (Å²) in [5, 5.41) is 6.42. The maximum Gasteiger partial charge on any atom is 0.226 e. The van der Waals surface area contributed by atoms with Gasteiger partial charge < -0.3 is 10.2 Å². The van der Waals surface area contributed by atoms with Crippen molar-refractivity contribution in [3.05, 3.63) is 75.8 Å². The fourth-order valence-corrected chi connectivity index (χ4v) is 3.93. The first-order valence-corrected chi connectivity index (χ1v) is 9.96. The van der Waals surface area contributed by atoms with Gasteiger partial charge in [-0.2, -0.15) is 0 Å². The molecule has 0 aliphatic carbocycles. The van der Waals surface area contributed by atoms with E-state index in [1.165, 1.54) is 16.9 Å². The van der Waals surface area contributed by atoms with Crippen LogP contribution in [0.2, 0.25) is 5.02 Å². The Morgan fingerprint density at radius 1 is 1.11 bits per heavy atom. The van der Waals surface area contributed by atoms with Crippen molar-refractivity contribution in [2.24, 2.45) is 0 Å². The molecule has 6 heteroatoms. The zero-order valence-electron chi connectivity index (χ0n) is 15.4. The zero-order chi connectivity index (χ0) is 19.2. The fourth-order valence-electron chi connectivity index (χ4n) is 2.79. The maximum atomic E-state index is 12.3. The predicted octanol–water partition coefficient (Wildman–Crippen LogP) is 4.38. The fraction of sp³-hybridized carbons (Fsp3) is 0.238. The van der Waals surface area contributed by atoms with Crippen LogP contribution < -0.4 is 5.32 Å². The van der Waals surface area contributed by atoms with Crippen LogP contribution in [-0.2, 0) is 24.3 Å². The average molecular weight is 400 g/mol. The van der Waals surface area contributed by atoms with Crippen LogP contribution in [0.15, 0.2) is 53.9 Å². The first kappa shape index (κ1) is 19.5. The zero-order valence-corrected chi connectivity index (χ0v) is 17.0. The molecule has 4 nitrogen and oxygen atoms in total. The summed E-state index contributed by atoms with van der Waals surface area (Å²) in [4.78, 5) is 19.0. The summed E-state index contributed by atoms with van der Waals surface area (Å²) in [7, 11) is 4.07. The van der Waals surface area contributed by atoms with Gasteiger partial charge in [0.25, 0.3) is 0 Å². The van der Waals surface area contributed by atoms with Crippen molar-refractivity contribution in [3.8, 4) is 10.6 Å². The summed E-state index contributed by atoms with van der Waals surface area (Å²) in [6.07, 6.45) is 0.261. The number of thiazole rings is 1. The van der Waals surface area contributed by atoms with Crippen LogP contribution in [0.4, 0.5) is 0 Å². The van der Waals surface area contributed by atoms with Gasteiger partial charge >= 0.3 is 0 Å². The molecule has 1 N–H and O–H groups in total. The molecule has 1 heterocycles. The second-order valence-corrected chi connectivity index (χ2v) is 7.85. The van der Waals surface area contributed by atoms with Gasteiger partial charge in [0.2, 0.25) is 5.91 Å². The first-order valence-electron chi connectivity index (χ1n) is 8.70. The molecule has 3 aromatic rings. The first-order chi connectivity index (χ1) is 13.0. The molecule has 1 aromatic heterocycles. The van der Waals surface area contributed by atoms with Crippen LogP contribution in [0.25, 0.3) is 10.6 Å². The predicted molar refractivity (Wildman–Crippen MR) is 112 cm³/mol. The van der Waals surface area contributed by atoms with Crippen LogP contribution in [0, 0.1) is 0 Å². The summed E-state index contributed by atoms with van der Waals surface area (Å²) >= 11 is 7.73. The minimum absolute atomic E-state index is 0.0364. The van der Waals surface area contributed by atoms with Gasteiger partial charge in [-0.1, -0.05) is 54.1 Å². The lowest BCUT2D eigenvalue weighted by Gasteiger charge is -2.14. The standard InChI is InChI=1S/C21H22ClN3OS/c1-25(2)13-16-8-4-3-7-15(16)12-23-20(26)11-17-14-27-21(24-17)18-9-5-6-10-19(18)22/h3-10,14H,11-13H2,1-2H3,(H,23,26). The molecule has 0 spiro atoms. The Labute approximate surface area is 168 Å². The van der Waals surface area contributed by atoms with Gasteiger partial charge in [-0.3, -0.25) is 4.79 Å². The molecule has 0 unspecified atom stereocenters. The number of hydrogen-bond donors (Lipinski definition) is 1. The highest BCUT2D eigenvalue weighted by Crippen LogP contribution is 2.30. The molecule has 0 atom stereocenters. The third-order valence-corrected chi connectivity index (χ3v) is 5.33. The topological polar surface area (TPSA) is 45.2 Å². The number of aromatic nitrogens is 1. The minimum Gasteiger partial charge on any atom is -0.352 e. The molecule has 1 amide bonds. The van der Waals surface area contributed by atoms with E-state index in [9.17, 15) is 4.79 Å². The van der Waals surface area contributed by atoms with Gasteiger partial charge in [0, 0.05) is 24.0 Å². The molecule has 2 aromatic carbocycles. The van der Waals surface area contributed by atoms with Crippen LogP contribution in [0.5, 0.6) is 0 Å². The van der Waals surface area contributed by atoms with Gasteiger partial charge in [0.15, 0.2) is 0 Å². The van der Waals surface area contributed by atoms with Gasteiger partial charge in [-0.15, -0.1) is 11.3 Å². The smallest absolute Gasteiger partial charge is 0.226 e. The number of halogens is 1. The van der Waals surface area contributed by atoms with Gasteiger partial charge in [0.1, 0.15) is 5.01 Å². The van der Waals surface area contributed by atoms with Gasteiger partial charge in [0.05, 0.1) is 17.1 Å². The number of nitrogens with one attached hydrogen (secondary N) is 1. The SMILES string of the molecule is CN(C)Cc1ccccc1CNC(=O)Cc1csc(-c2ccccc2Cl)n1. The molecule has 27 heavy (non-hydrogen) atoms. The van der Waals surface area contributed by atoms with Crippen molar-refractivity contribution in [2.45, 2.75) is 19.5 Å². The highest BCUT2D eigenvalue weighted by Gasteiger charge is 2.11. The average Bonchev–Trinajstić information content (AvgIpc) is 3.09. The number of carbonyl (C=O) groups is 1. The van der Waals surface area contributed by atoms with E-state index in [4.69, 9.17) is 11.6 Å². The van der Waals surface area contributed by atoms with Crippen LogP contribution in [0.3, 0.4) is 0 Å². The highest BCUT2D eigenvalue weighted by molar-refractivity contribution is 7.13. The molecule has 3 rings (SSSR count). The van der Waals surface area contributed by atoms with E-state index in [2.05, 4.69) is 27.3 Å². The Balaban J connectivity index is 1.60. The van der Waals surface area contributed by atoms with Gasteiger partial charge in [-0.05, 0) is 31.3 Å². The monoisotopic (exact) mass is 399 g/mol. The lowest BCUT2D eigenvalue weighted by atomic mass is 10.1. The van der Waals surface area contributed by atoms with Crippen molar-refractivity contribution in [1.82, 2.24) is 15.2 Å². The summed E-state index contributed by atoms with van der Waals surface area (Å²) in [6.45, 7) is 1.36. The van der Waals surface area contributed by atoms with Gasteiger partial charge in [-0.25, -0.2) is 4.98 Å². The second kappa shape index (κ2) is 9.13. The molecule has 0 saturated carbocycles. The van der Waals surface area contributed by atoms with Crippen molar-refractivity contribution in [1.29, 1.82) is 0 Å². The molecule has 0 fully saturated rings. The van der Waals surface area contributed by atoms with E-state index in [0.29, 0.717) is 11.6 Å². The van der Waals surface area contributed by atoms with E-state index >= 15 is 0 Å². The van der Waals surface area contributed by atoms with Crippen molar-refractivity contribution >= 4 is 28.8 Å². The van der Waals surface area contributed by atoms with Crippen LogP contribution >= 0.6 is 22.9 Å². The molecule has 0 bridgehead atoms. The largest absolute Gasteiger partial charge is 0.352 e. The van der Waals surface area contributed by atoms with E-state index in [0.717, 1.165) is 28.4 Å². The molecule has 0 radical (unpaired) electrons. The van der Waals surface area contributed by atoms with E-state index in [1.54, 1.807) is 0 Å². The summed E-state index contributed by atoms with van der Waals surface area (Å²) < 4.78 is 0. The second-order valence-electron chi connectivity index (χ2n) is 6.58. The summed E-state index contributed by atoms with van der Waals surface area (Å²) in [5.74, 6) is -0.0364. The Morgan fingerprint density at radius 2 is 1.81 bits per heavy atom. The number of carbonyl (C=O) groups excluding carboxylic acids is 1. The highest BCUT2D eigenvalue weighted by atomic mass is 35.5. The summed E-state index contributed by atoms with van der Waals surface area (Å²) in [6, 6.07) is 15.8. The molecular formula is C21H22ClN3OS. The molecule has 140 valence electrons. The molecule has 0 aliphatic heterocycles. The molecule has 0 aliphatic rings. The number of amides is 1. The lowest BCUT2D eigenvalue weighted by molar-refractivity contribution is -0.120. The number of rotatable bonds is 7. The molecular weight excluding hydrogens is 378 g/mol. The third kappa shape index (κ3) is 5.39. The Hall–Kier alpha value is -2.21. The van der Waals surface area contributed by atoms with E-state index in [-0.39, 0.29) is 12.3 Å². The quantitative estimate of drug-likeness (QED) is 0.641. The van der Waals surface area contributed by atoms with Crippen molar-refractivity contribution in [3.63, 3.8) is 0 Å². The maximum absolute atomic E-state index is 12.3. The minimum atomic E-state index is -0.0364. The van der Waals surface area contributed by atoms with Crippen molar-refractivity contribution in [2.75, 3.05) is 14.1 Å². The van der Waals surface area contributed by atoms with E-state index < -0.39 is 0 Å². The Bertz CT molecular complexity index is 923. The summed E-state index contributed by atoms with van der Waals surface area (Å²) in [5.41, 5.74) is 4.01. The Morgan fingerprint density at radius 3 is 2.56 bits per heavy atom. The van der Waals surface area contributed by atoms with Crippen LogP contribution in [-0.4, -0.2) is 29.9 Å². The normalized spacial score (nSPS) is 11.0. The lowest BCUT2D eigenvalue weighted by Crippen LogP contribution is -2.25. The number of hydrogen-bond acceptors (Lipinski definition) is 4. The van der Waals surface area contributed by atoms with Crippen LogP contribution in [0.1, 0.15) is 16.8 Å². The van der Waals surface area contributed by atoms with Crippen molar-refractivity contribution < 1.29 is 4.79 Å². The van der Waals surface area contributed by atoms with E-state index in [1.807, 2.05) is 55.9 Å². The number of benzene rings is 2. The third-order valence-electron chi connectivity index (χ3n) is 4.08. The number of nitrogens with zero attached hydrogens (tertiary/aromatic N) is 2. The Kier molecular flexibility index (Phi) is 6.61.